The van der Waals surface area contributed by atoms with Gasteiger partial charge in [0.2, 0.25) is 0 Å². The Kier molecular flexibility index (Phi) is 5.12. The molecule has 1 nitrogen and oxygen atoms in total. The predicted molar refractivity (Wildman–Crippen MR) is 103 cm³/mol. The number of hydrogen-bond acceptors (Lipinski definition) is 1. The van der Waals surface area contributed by atoms with Gasteiger partial charge in [0, 0.05) is 0 Å². The average Bonchev–Trinajstić information content (AvgIpc) is 2.62. The van der Waals surface area contributed by atoms with E-state index in [9.17, 15) is 0 Å². The zero-order valence-electron chi connectivity index (χ0n) is 14.1. The fourth-order valence-electron chi connectivity index (χ4n) is 2.50. The van der Waals surface area contributed by atoms with Gasteiger partial charge in [0.25, 0.3) is 0 Å². The maximum Gasteiger partial charge on any atom is 0.127 e. The van der Waals surface area contributed by atoms with Gasteiger partial charge in [-0.15, -0.1) is 0 Å². The number of benzene rings is 3. The smallest absolute Gasteiger partial charge is 0.127 e. The first kappa shape index (κ1) is 16.1. The Bertz CT molecular complexity index is 857. The van der Waals surface area contributed by atoms with E-state index in [2.05, 4.69) is 62.4 Å². The van der Waals surface area contributed by atoms with Crippen LogP contribution in [0.4, 0.5) is 0 Å². The summed E-state index contributed by atoms with van der Waals surface area (Å²) in [7, 11) is 0. The summed E-state index contributed by atoms with van der Waals surface area (Å²) in [5, 5.41) is 2.41. The topological polar surface area (TPSA) is 9.23 Å². The summed E-state index contributed by atoms with van der Waals surface area (Å²) < 4.78 is 5.91. The Morgan fingerprint density at radius 2 is 1.54 bits per heavy atom. The highest BCUT2D eigenvalue weighted by Crippen LogP contribution is 2.22. The van der Waals surface area contributed by atoms with Gasteiger partial charge in [-0.25, -0.2) is 0 Å². The third kappa shape index (κ3) is 4.14. The summed E-state index contributed by atoms with van der Waals surface area (Å²) in [6.07, 6.45) is 6.10. The first-order chi connectivity index (χ1) is 11.7. The first-order valence-electron chi connectivity index (χ1n) is 8.31. The van der Waals surface area contributed by atoms with Gasteiger partial charge in [0.15, 0.2) is 0 Å². The molecule has 3 aromatic carbocycles. The molecule has 0 saturated carbocycles. The lowest BCUT2D eigenvalue weighted by molar-refractivity contribution is 0.471. The van der Waals surface area contributed by atoms with Gasteiger partial charge < -0.3 is 4.74 Å². The molecule has 0 N–H and O–H groups in total. The van der Waals surface area contributed by atoms with Gasteiger partial charge in [0.05, 0.1) is 6.26 Å². The fraction of sp³-hybridized carbons (Fsp3) is 0.130. The van der Waals surface area contributed by atoms with Crippen LogP contribution in [0, 0.1) is 5.92 Å². The number of rotatable bonds is 5. The van der Waals surface area contributed by atoms with Crippen LogP contribution in [-0.4, -0.2) is 0 Å². The van der Waals surface area contributed by atoms with Crippen molar-refractivity contribution in [1.82, 2.24) is 0 Å². The van der Waals surface area contributed by atoms with E-state index in [1.54, 1.807) is 0 Å². The van der Waals surface area contributed by atoms with Gasteiger partial charge in [0.1, 0.15) is 5.75 Å². The summed E-state index contributed by atoms with van der Waals surface area (Å²) in [6.45, 7) is 4.34. The van der Waals surface area contributed by atoms with Gasteiger partial charge >= 0.3 is 0 Å². The molecular formula is C23H22O. The molecule has 0 aliphatic carbocycles. The van der Waals surface area contributed by atoms with Crippen molar-refractivity contribution in [1.29, 1.82) is 0 Å². The van der Waals surface area contributed by atoms with Crippen molar-refractivity contribution < 1.29 is 4.74 Å². The Labute approximate surface area is 143 Å². The van der Waals surface area contributed by atoms with Gasteiger partial charge in [-0.2, -0.15) is 0 Å². The summed E-state index contributed by atoms with van der Waals surface area (Å²) in [4.78, 5) is 0. The maximum absolute atomic E-state index is 5.91. The second kappa shape index (κ2) is 7.65. The molecule has 0 unspecified atom stereocenters. The van der Waals surface area contributed by atoms with Crippen LogP contribution in [0.3, 0.4) is 0 Å². The molecule has 0 saturated heterocycles. The van der Waals surface area contributed by atoms with Crippen molar-refractivity contribution in [2.45, 2.75) is 13.8 Å². The van der Waals surface area contributed by atoms with E-state index < -0.39 is 0 Å². The Morgan fingerprint density at radius 3 is 2.29 bits per heavy atom. The van der Waals surface area contributed by atoms with E-state index in [0.717, 1.165) is 11.3 Å². The van der Waals surface area contributed by atoms with Crippen LogP contribution in [0.5, 0.6) is 5.75 Å². The fourth-order valence-corrected chi connectivity index (χ4v) is 2.50. The minimum Gasteiger partial charge on any atom is -0.465 e. The largest absolute Gasteiger partial charge is 0.465 e. The van der Waals surface area contributed by atoms with Gasteiger partial charge in [-0.1, -0.05) is 86.7 Å². The van der Waals surface area contributed by atoms with E-state index in [0.29, 0.717) is 5.92 Å². The van der Waals surface area contributed by atoms with Crippen LogP contribution in [-0.2, 0) is 0 Å². The normalized spacial score (nSPS) is 12.2. The molecule has 0 aromatic heterocycles. The Morgan fingerprint density at radius 1 is 0.833 bits per heavy atom. The first-order valence-corrected chi connectivity index (χ1v) is 8.31. The molecule has 0 spiro atoms. The van der Waals surface area contributed by atoms with Crippen molar-refractivity contribution in [3.63, 3.8) is 0 Å². The van der Waals surface area contributed by atoms with Crippen LogP contribution in [0.25, 0.3) is 16.8 Å². The molecule has 0 amide bonds. The quantitative estimate of drug-likeness (QED) is 0.387. The molecule has 120 valence electrons. The average molecular weight is 314 g/mol. The summed E-state index contributed by atoms with van der Waals surface area (Å²) in [5.41, 5.74) is 2.35. The monoisotopic (exact) mass is 314 g/mol. The molecule has 0 bridgehead atoms. The Hall–Kier alpha value is -2.80. The van der Waals surface area contributed by atoms with Gasteiger partial charge in [-0.05, 0) is 40.0 Å². The molecule has 0 heterocycles. The van der Waals surface area contributed by atoms with Crippen LogP contribution in [0.2, 0.25) is 0 Å². The molecule has 0 aliphatic rings. The molecule has 0 radical (unpaired) electrons. The predicted octanol–water partition coefficient (Wildman–Crippen LogP) is 6.47. The molecule has 0 fully saturated rings. The van der Waals surface area contributed by atoms with Crippen molar-refractivity contribution in [3.05, 3.63) is 96.3 Å². The lowest BCUT2D eigenvalue weighted by atomic mass is 10.0. The van der Waals surface area contributed by atoms with Crippen molar-refractivity contribution in [2.75, 3.05) is 0 Å². The van der Waals surface area contributed by atoms with E-state index in [1.165, 1.54) is 16.3 Å². The van der Waals surface area contributed by atoms with Crippen LogP contribution in [0.1, 0.15) is 19.4 Å². The number of fused-ring (bicyclic) bond motifs is 1. The van der Waals surface area contributed by atoms with Crippen LogP contribution >= 0.6 is 0 Å². The summed E-state index contributed by atoms with van der Waals surface area (Å²) >= 11 is 0. The van der Waals surface area contributed by atoms with E-state index in [1.807, 2.05) is 42.7 Å². The number of hydrogen-bond donors (Lipinski definition) is 0. The lowest BCUT2D eigenvalue weighted by Gasteiger charge is -2.08. The summed E-state index contributed by atoms with van der Waals surface area (Å²) in [5.74, 6) is 1.25. The van der Waals surface area contributed by atoms with Gasteiger partial charge in [-0.3, -0.25) is 0 Å². The highest BCUT2D eigenvalue weighted by atomic mass is 16.5. The molecule has 0 aliphatic heterocycles. The summed E-state index contributed by atoms with van der Waals surface area (Å²) in [6, 6.07) is 24.8. The van der Waals surface area contributed by atoms with E-state index in [4.69, 9.17) is 4.74 Å². The third-order valence-corrected chi connectivity index (χ3v) is 3.99. The SMILES string of the molecule is CC(C)C(C=Cc1ccccc1)=COc1ccc2ccccc2c1. The van der Waals surface area contributed by atoms with Crippen molar-refractivity contribution >= 4 is 16.8 Å². The van der Waals surface area contributed by atoms with Crippen molar-refractivity contribution in [3.8, 4) is 5.75 Å². The number of ether oxygens (including phenoxy) is 1. The zero-order valence-corrected chi connectivity index (χ0v) is 14.1. The minimum atomic E-state index is 0.394. The molecule has 1 heteroatoms. The third-order valence-electron chi connectivity index (χ3n) is 3.99. The zero-order chi connectivity index (χ0) is 16.8. The molecule has 3 aromatic rings. The van der Waals surface area contributed by atoms with Crippen molar-refractivity contribution in [2.24, 2.45) is 5.92 Å². The second-order valence-corrected chi connectivity index (χ2v) is 6.14. The maximum atomic E-state index is 5.91. The van der Waals surface area contributed by atoms with Crippen LogP contribution < -0.4 is 4.74 Å². The Balaban J connectivity index is 1.79. The molecular weight excluding hydrogens is 292 g/mol. The van der Waals surface area contributed by atoms with E-state index in [-0.39, 0.29) is 0 Å². The van der Waals surface area contributed by atoms with Crippen LogP contribution in [0.15, 0.2) is 90.7 Å². The molecule has 24 heavy (non-hydrogen) atoms. The second-order valence-electron chi connectivity index (χ2n) is 6.14. The highest BCUT2D eigenvalue weighted by molar-refractivity contribution is 5.83. The number of allylic oxidation sites excluding steroid dienone is 2. The minimum absolute atomic E-state index is 0.394. The molecule has 0 atom stereocenters. The standard InChI is InChI=1S/C23H22O/c1-18(2)22(13-12-19-8-4-3-5-9-19)17-24-23-15-14-20-10-6-7-11-21(20)16-23/h3-18H,1-2H3. The van der Waals surface area contributed by atoms with E-state index >= 15 is 0 Å². The lowest BCUT2D eigenvalue weighted by Crippen LogP contribution is -1.94. The molecule has 3 rings (SSSR count). The highest BCUT2D eigenvalue weighted by Gasteiger charge is 2.01.